The first kappa shape index (κ1) is 10.8. The van der Waals surface area contributed by atoms with E-state index in [2.05, 4.69) is 10.5 Å². The average Bonchev–Trinajstić information content (AvgIpc) is 2.67. The molecule has 0 aliphatic carbocycles. The van der Waals surface area contributed by atoms with Crippen LogP contribution in [0.4, 0.5) is 5.69 Å². The van der Waals surface area contributed by atoms with Gasteiger partial charge in [-0.2, -0.15) is 5.10 Å². The Balaban J connectivity index is 1.97. The van der Waals surface area contributed by atoms with Crippen LogP contribution >= 0.6 is 11.6 Å². The van der Waals surface area contributed by atoms with Crippen molar-refractivity contribution >= 4 is 23.5 Å². The van der Waals surface area contributed by atoms with Crippen molar-refractivity contribution in [3.05, 3.63) is 52.9 Å². The number of nitrogens with zero attached hydrogens (tertiary/aromatic N) is 1. The molecule has 2 aromatic rings. The van der Waals surface area contributed by atoms with Gasteiger partial charge in [0.25, 0.3) is 0 Å². The Labute approximate surface area is 98.7 Å². The highest BCUT2D eigenvalue weighted by molar-refractivity contribution is 6.28. The van der Waals surface area contributed by atoms with Crippen LogP contribution in [0, 0.1) is 6.92 Å². The maximum Gasteiger partial charge on any atom is 0.193 e. The summed E-state index contributed by atoms with van der Waals surface area (Å²) in [6, 6.07) is 11.4. The smallest absolute Gasteiger partial charge is 0.193 e. The third-order valence-electron chi connectivity index (χ3n) is 2.03. The van der Waals surface area contributed by atoms with Gasteiger partial charge in [0, 0.05) is 0 Å². The number of rotatable bonds is 3. The van der Waals surface area contributed by atoms with E-state index in [9.17, 15) is 0 Å². The van der Waals surface area contributed by atoms with Crippen LogP contribution in [0.1, 0.15) is 11.3 Å². The molecule has 1 aromatic carbocycles. The van der Waals surface area contributed by atoms with Crippen LogP contribution in [0.25, 0.3) is 0 Å². The number of hydrazone groups is 1. The monoisotopic (exact) mass is 234 g/mol. The molecule has 0 spiro atoms. The molecule has 0 aliphatic rings. The molecule has 1 heterocycles. The second-order valence-corrected chi connectivity index (χ2v) is 3.75. The van der Waals surface area contributed by atoms with Gasteiger partial charge in [0.1, 0.15) is 5.76 Å². The molecule has 0 aliphatic heterocycles. The molecule has 0 fully saturated rings. The molecule has 0 saturated carbocycles. The van der Waals surface area contributed by atoms with Gasteiger partial charge in [0.2, 0.25) is 0 Å². The minimum Gasteiger partial charge on any atom is -0.444 e. The lowest BCUT2D eigenvalue weighted by atomic mass is 10.2. The minimum atomic E-state index is 0.358. The topological polar surface area (TPSA) is 37.5 Å². The normalized spacial score (nSPS) is 10.9. The molecule has 1 N–H and O–H groups in total. The first-order valence-electron chi connectivity index (χ1n) is 4.85. The maximum atomic E-state index is 5.63. The van der Waals surface area contributed by atoms with Gasteiger partial charge in [-0.3, -0.25) is 5.43 Å². The van der Waals surface area contributed by atoms with Crippen molar-refractivity contribution < 1.29 is 4.42 Å². The van der Waals surface area contributed by atoms with Gasteiger partial charge in [-0.15, -0.1) is 0 Å². The SMILES string of the molecule is Cc1ccc(N/N=C/c2ccc(Cl)o2)cc1. The van der Waals surface area contributed by atoms with Crippen molar-refractivity contribution in [2.45, 2.75) is 6.92 Å². The summed E-state index contributed by atoms with van der Waals surface area (Å²) in [7, 11) is 0. The summed E-state index contributed by atoms with van der Waals surface area (Å²) < 4.78 is 5.12. The zero-order valence-corrected chi connectivity index (χ0v) is 9.53. The Morgan fingerprint density at radius 1 is 1.19 bits per heavy atom. The Hall–Kier alpha value is -1.74. The Bertz CT molecular complexity index is 488. The lowest BCUT2D eigenvalue weighted by molar-refractivity contribution is 0.562. The van der Waals surface area contributed by atoms with Crippen molar-refractivity contribution in [2.24, 2.45) is 5.10 Å². The lowest BCUT2D eigenvalue weighted by Crippen LogP contribution is -1.89. The highest BCUT2D eigenvalue weighted by Crippen LogP contribution is 2.12. The van der Waals surface area contributed by atoms with Gasteiger partial charge in [-0.1, -0.05) is 17.7 Å². The van der Waals surface area contributed by atoms with Crippen molar-refractivity contribution in [3.8, 4) is 0 Å². The van der Waals surface area contributed by atoms with Crippen LogP contribution in [0.15, 0.2) is 45.9 Å². The third kappa shape index (κ3) is 2.87. The number of halogens is 1. The number of hydrogen-bond donors (Lipinski definition) is 1. The van der Waals surface area contributed by atoms with E-state index in [1.807, 2.05) is 31.2 Å². The van der Waals surface area contributed by atoms with Gasteiger partial charge in [-0.05, 0) is 42.8 Å². The summed E-state index contributed by atoms with van der Waals surface area (Å²) in [6.07, 6.45) is 1.58. The molecule has 0 saturated heterocycles. The van der Waals surface area contributed by atoms with Crippen LogP contribution in [0.5, 0.6) is 0 Å². The molecule has 82 valence electrons. The van der Waals surface area contributed by atoms with Gasteiger partial charge in [-0.25, -0.2) is 0 Å². The van der Waals surface area contributed by atoms with Crippen LogP contribution in [-0.4, -0.2) is 6.21 Å². The average molecular weight is 235 g/mol. The van der Waals surface area contributed by atoms with Crippen LogP contribution in [0.3, 0.4) is 0 Å². The Morgan fingerprint density at radius 3 is 2.56 bits per heavy atom. The molecule has 0 amide bonds. The Morgan fingerprint density at radius 2 is 1.94 bits per heavy atom. The number of hydrogen-bond acceptors (Lipinski definition) is 3. The molecule has 0 radical (unpaired) electrons. The van der Waals surface area contributed by atoms with E-state index >= 15 is 0 Å². The maximum absolute atomic E-state index is 5.63. The standard InChI is InChI=1S/C12H11ClN2O/c1-9-2-4-10(5-3-9)15-14-8-11-6-7-12(13)16-11/h2-8,15H,1H3/b14-8+. The molecule has 0 bridgehead atoms. The van der Waals surface area contributed by atoms with Gasteiger partial charge < -0.3 is 4.42 Å². The number of nitrogens with one attached hydrogen (secondary N) is 1. The molecule has 2 rings (SSSR count). The number of anilines is 1. The summed E-state index contributed by atoms with van der Waals surface area (Å²) in [5.41, 5.74) is 5.04. The fraction of sp³-hybridized carbons (Fsp3) is 0.0833. The van der Waals surface area contributed by atoms with Crippen molar-refractivity contribution in [1.29, 1.82) is 0 Å². The largest absolute Gasteiger partial charge is 0.444 e. The molecule has 3 nitrogen and oxygen atoms in total. The summed E-state index contributed by atoms with van der Waals surface area (Å²) in [6.45, 7) is 2.04. The molecule has 1 aromatic heterocycles. The highest BCUT2D eigenvalue weighted by atomic mass is 35.5. The number of furan rings is 1. The Kier molecular flexibility index (Phi) is 3.27. The van der Waals surface area contributed by atoms with E-state index in [-0.39, 0.29) is 0 Å². The van der Waals surface area contributed by atoms with Gasteiger partial charge in [0.05, 0.1) is 11.9 Å². The molecule has 16 heavy (non-hydrogen) atoms. The lowest BCUT2D eigenvalue weighted by Gasteiger charge is -1.99. The summed E-state index contributed by atoms with van der Waals surface area (Å²) in [4.78, 5) is 0. The van der Waals surface area contributed by atoms with E-state index in [1.54, 1.807) is 18.3 Å². The van der Waals surface area contributed by atoms with Crippen molar-refractivity contribution in [3.63, 3.8) is 0 Å². The molecule has 0 atom stereocenters. The molecule has 0 unspecified atom stereocenters. The second kappa shape index (κ2) is 4.86. The van der Waals surface area contributed by atoms with Crippen LogP contribution in [-0.2, 0) is 0 Å². The van der Waals surface area contributed by atoms with E-state index in [0.717, 1.165) is 5.69 Å². The van der Waals surface area contributed by atoms with Crippen LogP contribution in [0.2, 0.25) is 5.22 Å². The molecular weight excluding hydrogens is 224 g/mol. The summed E-state index contributed by atoms with van der Waals surface area (Å²) >= 11 is 5.63. The first-order valence-corrected chi connectivity index (χ1v) is 5.23. The van der Waals surface area contributed by atoms with E-state index < -0.39 is 0 Å². The molecule has 4 heteroatoms. The predicted octanol–water partition coefficient (Wildman–Crippen LogP) is 3.69. The fourth-order valence-corrected chi connectivity index (χ4v) is 1.35. The van der Waals surface area contributed by atoms with Gasteiger partial charge in [0.15, 0.2) is 5.22 Å². The first-order chi connectivity index (χ1) is 7.74. The van der Waals surface area contributed by atoms with Crippen molar-refractivity contribution in [1.82, 2.24) is 0 Å². The quantitative estimate of drug-likeness (QED) is 0.650. The number of aryl methyl sites for hydroxylation is 1. The van der Waals surface area contributed by atoms with Crippen molar-refractivity contribution in [2.75, 3.05) is 5.43 Å². The number of benzene rings is 1. The molecular formula is C12H11ClN2O. The highest BCUT2D eigenvalue weighted by Gasteiger charge is 1.94. The zero-order valence-electron chi connectivity index (χ0n) is 8.77. The second-order valence-electron chi connectivity index (χ2n) is 3.38. The third-order valence-corrected chi connectivity index (χ3v) is 2.23. The van der Waals surface area contributed by atoms with E-state index in [1.165, 1.54) is 5.56 Å². The summed E-state index contributed by atoms with van der Waals surface area (Å²) in [5.74, 6) is 0.615. The minimum absolute atomic E-state index is 0.358. The van der Waals surface area contributed by atoms with E-state index in [4.69, 9.17) is 16.0 Å². The van der Waals surface area contributed by atoms with E-state index in [0.29, 0.717) is 11.0 Å². The zero-order chi connectivity index (χ0) is 11.4. The predicted molar refractivity (Wildman–Crippen MR) is 66.1 cm³/mol. The fourth-order valence-electron chi connectivity index (χ4n) is 1.20. The van der Waals surface area contributed by atoms with Gasteiger partial charge >= 0.3 is 0 Å². The van der Waals surface area contributed by atoms with Crippen LogP contribution < -0.4 is 5.43 Å². The summed E-state index contributed by atoms with van der Waals surface area (Å²) in [5, 5.41) is 4.39.